The van der Waals surface area contributed by atoms with E-state index in [-0.39, 0.29) is 0 Å². The molecule has 0 rings (SSSR count). The molecule has 0 aromatic rings. The van der Waals surface area contributed by atoms with Gasteiger partial charge < -0.3 is 9.80 Å². The molecule has 0 unspecified atom stereocenters. The average molecular weight is 186 g/mol. The summed E-state index contributed by atoms with van der Waals surface area (Å²) in [6, 6.07) is 0. The molecule has 0 heterocycles. The molecule has 0 spiro atoms. The third kappa shape index (κ3) is 7.14. The van der Waals surface area contributed by atoms with Crippen molar-refractivity contribution in [2.45, 2.75) is 0 Å². The van der Waals surface area contributed by atoms with Crippen molar-refractivity contribution in [1.82, 2.24) is 9.80 Å². The second-order valence-electron chi connectivity index (χ2n) is 2.70. The Hall–Kier alpha value is -0.970. The molecular weight excluding hydrogens is 172 g/mol. The lowest BCUT2D eigenvalue weighted by Crippen LogP contribution is -2.10. The maximum absolute atomic E-state index is 4.84. The van der Waals surface area contributed by atoms with Gasteiger partial charge in [0.25, 0.3) is 0 Å². The van der Waals surface area contributed by atoms with Gasteiger partial charge in [-0.3, -0.25) is 0 Å². The van der Waals surface area contributed by atoms with E-state index in [9.17, 15) is 0 Å². The molecule has 0 atom stereocenters. The minimum atomic E-state index is 0.331. The molecule has 5 heteroatoms. The fraction of sp³-hybridized carbons (Fsp3) is 0.571. The monoisotopic (exact) mass is 186 g/mol. The van der Waals surface area contributed by atoms with Crippen molar-refractivity contribution in [1.29, 1.82) is 0 Å². The third-order valence-corrected chi connectivity index (χ3v) is 1.01. The summed E-state index contributed by atoms with van der Waals surface area (Å²) in [5.41, 5.74) is 0. The molecule has 12 heavy (non-hydrogen) atoms. The lowest BCUT2D eigenvalue weighted by Gasteiger charge is -2.02. The zero-order valence-corrected chi connectivity index (χ0v) is 8.67. The Labute approximate surface area is 78.6 Å². The van der Waals surface area contributed by atoms with Gasteiger partial charge >= 0.3 is 0 Å². The number of nitrogens with zero attached hydrogens (tertiary/aromatic N) is 4. The van der Waals surface area contributed by atoms with E-state index >= 15 is 0 Å². The van der Waals surface area contributed by atoms with Gasteiger partial charge in [-0.15, -0.1) is 0 Å². The zero-order valence-electron chi connectivity index (χ0n) is 7.85. The number of rotatable bonds is 2. The van der Waals surface area contributed by atoms with Crippen LogP contribution >= 0.6 is 12.2 Å². The van der Waals surface area contributed by atoms with Crippen molar-refractivity contribution in [3.8, 4) is 0 Å². The smallest absolute Gasteiger partial charge is 0.221 e. The number of aliphatic imine (C=N–C) groups is 2. The third-order valence-electron chi connectivity index (χ3n) is 0.798. The first-order valence-electron chi connectivity index (χ1n) is 3.47. The molecule has 4 nitrogen and oxygen atoms in total. The Balaban J connectivity index is 3.90. The van der Waals surface area contributed by atoms with Gasteiger partial charge in [-0.1, -0.05) is 0 Å². The van der Waals surface area contributed by atoms with E-state index in [1.807, 2.05) is 28.2 Å². The zero-order chi connectivity index (χ0) is 9.56. The summed E-state index contributed by atoms with van der Waals surface area (Å²) in [7, 11) is 7.51. The summed E-state index contributed by atoms with van der Waals surface area (Å²) < 4.78 is 0. The van der Waals surface area contributed by atoms with Crippen LogP contribution in [0.5, 0.6) is 0 Å². The second kappa shape index (κ2) is 5.65. The Bertz CT molecular complexity index is 176. The fourth-order valence-corrected chi connectivity index (χ4v) is 0.457. The largest absolute Gasteiger partial charge is 0.369 e. The van der Waals surface area contributed by atoms with Crippen LogP contribution < -0.4 is 0 Å². The van der Waals surface area contributed by atoms with Gasteiger partial charge in [0.1, 0.15) is 0 Å². The van der Waals surface area contributed by atoms with E-state index < -0.39 is 0 Å². The molecule has 0 aliphatic carbocycles. The van der Waals surface area contributed by atoms with Gasteiger partial charge in [0, 0.05) is 28.2 Å². The van der Waals surface area contributed by atoms with Crippen LogP contribution in [0.1, 0.15) is 0 Å². The van der Waals surface area contributed by atoms with Gasteiger partial charge in [-0.2, -0.15) is 0 Å². The molecule has 0 amide bonds. The van der Waals surface area contributed by atoms with Gasteiger partial charge in [0.2, 0.25) is 5.11 Å². The van der Waals surface area contributed by atoms with Crippen molar-refractivity contribution < 1.29 is 0 Å². The molecule has 0 aromatic carbocycles. The Kier molecular flexibility index (Phi) is 5.19. The summed E-state index contributed by atoms with van der Waals surface area (Å²) in [6.45, 7) is 0. The normalized spacial score (nSPS) is 11.0. The Morgan fingerprint density at radius 2 is 1.33 bits per heavy atom. The molecule has 0 N–H and O–H groups in total. The molecule has 0 aliphatic rings. The second-order valence-corrected chi connectivity index (χ2v) is 3.06. The molecule has 0 aromatic heterocycles. The number of thiocarbonyl (C=S) groups is 1. The van der Waals surface area contributed by atoms with Crippen LogP contribution in [-0.4, -0.2) is 55.8 Å². The highest BCUT2D eigenvalue weighted by Crippen LogP contribution is 1.81. The SMILES string of the molecule is CN(C)C=NC(=S)N=CN(C)C. The van der Waals surface area contributed by atoms with E-state index in [1.165, 1.54) is 0 Å². The minimum absolute atomic E-state index is 0.331. The Morgan fingerprint density at radius 1 is 1.00 bits per heavy atom. The maximum Gasteiger partial charge on any atom is 0.221 e. The molecule has 0 aliphatic heterocycles. The van der Waals surface area contributed by atoms with E-state index in [1.54, 1.807) is 22.5 Å². The summed E-state index contributed by atoms with van der Waals surface area (Å²) in [6.07, 6.45) is 3.24. The molecule has 0 fully saturated rings. The van der Waals surface area contributed by atoms with Crippen molar-refractivity contribution in [2.75, 3.05) is 28.2 Å². The van der Waals surface area contributed by atoms with E-state index in [0.717, 1.165) is 0 Å². The number of hydrogen-bond donors (Lipinski definition) is 0. The highest BCUT2D eigenvalue weighted by atomic mass is 32.1. The highest BCUT2D eigenvalue weighted by Gasteiger charge is 1.85. The van der Waals surface area contributed by atoms with Gasteiger partial charge in [-0.25, -0.2) is 9.98 Å². The minimum Gasteiger partial charge on any atom is -0.369 e. The number of hydrogen-bond acceptors (Lipinski definition) is 1. The van der Waals surface area contributed by atoms with Crippen LogP contribution in [0.4, 0.5) is 0 Å². The predicted octanol–water partition coefficient (Wildman–Crippen LogP) is 0.451. The molecule has 0 saturated heterocycles. The van der Waals surface area contributed by atoms with Crippen LogP contribution in [-0.2, 0) is 0 Å². The fourth-order valence-electron chi connectivity index (χ4n) is 0.363. The summed E-state index contributed by atoms with van der Waals surface area (Å²) in [5.74, 6) is 0. The lowest BCUT2D eigenvalue weighted by molar-refractivity contribution is 0.642. The summed E-state index contributed by atoms with van der Waals surface area (Å²) in [5, 5.41) is 0.331. The molecule has 0 saturated carbocycles. The van der Waals surface area contributed by atoms with Crippen LogP contribution in [0, 0.1) is 0 Å². The van der Waals surface area contributed by atoms with Crippen molar-refractivity contribution in [2.24, 2.45) is 9.98 Å². The maximum atomic E-state index is 4.84. The summed E-state index contributed by atoms with van der Waals surface area (Å²) in [4.78, 5) is 11.4. The predicted molar refractivity (Wildman–Crippen MR) is 57.0 cm³/mol. The van der Waals surface area contributed by atoms with Crippen LogP contribution in [0.25, 0.3) is 0 Å². The summed E-state index contributed by atoms with van der Waals surface area (Å²) >= 11 is 4.84. The molecule has 68 valence electrons. The van der Waals surface area contributed by atoms with Crippen LogP contribution in [0.15, 0.2) is 9.98 Å². The van der Waals surface area contributed by atoms with Crippen LogP contribution in [0.3, 0.4) is 0 Å². The van der Waals surface area contributed by atoms with Crippen molar-refractivity contribution >= 4 is 30.0 Å². The van der Waals surface area contributed by atoms with Crippen molar-refractivity contribution in [3.63, 3.8) is 0 Å². The average Bonchev–Trinajstić information content (AvgIpc) is 1.96. The quantitative estimate of drug-likeness (QED) is 0.356. The topological polar surface area (TPSA) is 31.2 Å². The van der Waals surface area contributed by atoms with Crippen LogP contribution in [0.2, 0.25) is 0 Å². The first-order chi connectivity index (χ1) is 5.52. The van der Waals surface area contributed by atoms with E-state index in [4.69, 9.17) is 12.2 Å². The first kappa shape index (κ1) is 11.0. The van der Waals surface area contributed by atoms with Crippen molar-refractivity contribution in [3.05, 3.63) is 0 Å². The molecule has 0 radical (unpaired) electrons. The van der Waals surface area contributed by atoms with E-state index in [0.29, 0.717) is 5.11 Å². The van der Waals surface area contributed by atoms with Gasteiger partial charge in [-0.05, 0) is 12.2 Å². The Morgan fingerprint density at radius 3 is 1.58 bits per heavy atom. The van der Waals surface area contributed by atoms with Gasteiger partial charge in [0.15, 0.2) is 0 Å². The standard InChI is InChI=1S/C7H14N4S/c1-10(2)5-8-7(12)9-6-11(3)4/h5-6H,1-4H3. The highest BCUT2D eigenvalue weighted by molar-refractivity contribution is 7.80. The molecular formula is C7H14N4S. The lowest BCUT2D eigenvalue weighted by atomic mass is 10.9. The van der Waals surface area contributed by atoms with Gasteiger partial charge in [0.05, 0.1) is 12.7 Å². The first-order valence-corrected chi connectivity index (χ1v) is 3.88. The molecule has 0 bridgehead atoms. The van der Waals surface area contributed by atoms with E-state index in [2.05, 4.69) is 9.98 Å².